The van der Waals surface area contributed by atoms with Gasteiger partial charge >= 0.3 is 0 Å². The van der Waals surface area contributed by atoms with Crippen molar-refractivity contribution in [1.29, 1.82) is 0 Å². The number of nitrogens with zero attached hydrogens (tertiary/aromatic N) is 2. The van der Waals surface area contributed by atoms with Crippen LogP contribution in [0.1, 0.15) is 36.8 Å². The van der Waals surface area contributed by atoms with Crippen LogP contribution in [0.4, 0.5) is 0 Å². The lowest BCUT2D eigenvalue weighted by molar-refractivity contribution is 0.302. The third-order valence-electron chi connectivity index (χ3n) is 3.46. The van der Waals surface area contributed by atoms with Crippen LogP contribution in [0.15, 0.2) is 36.9 Å². The van der Waals surface area contributed by atoms with Gasteiger partial charge in [0.2, 0.25) is 0 Å². The van der Waals surface area contributed by atoms with Crippen LogP contribution in [-0.2, 0) is 6.54 Å². The Bertz CT molecular complexity index is 506. The Morgan fingerprint density at radius 2 is 1.95 bits per heavy atom. The molecule has 0 radical (unpaired) electrons. The first-order valence-corrected chi connectivity index (χ1v) is 7.41. The molecule has 0 unspecified atom stereocenters. The van der Waals surface area contributed by atoms with E-state index in [9.17, 15) is 0 Å². The fourth-order valence-corrected chi connectivity index (χ4v) is 2.31. The van der Waals surface area contributed by atoms with Crippen molar-refractivity contribution in [2.75, 3.05) is 6.61 Å². The highest BCUT2D eigenvalue weighted by molar-refractivity contribution is 5.35. The van der Waals surface area contributed by atoms with Crippen molar-refractivity contribution < 1.29 is 4.74 Å². The van der Waals surface area contributed by atoms with Gasteiger partial charge in [0, 0.05) is 18.9 Å². The zero-order valence-corrected chi connectivity index (χ0v) is 12.5. The molecule has 2 rings (SSSR count). The standard InChI is InChI=1S/C17H24N2O/c1-15-7-8-17(16(2)13-15)20-12-6-4-3-5-10-19-11-9-18-14-19/h7-9,11,13-14H,3-6,10,12H2,1-2H3. The SMILES string of the molecule is Cc1ccc(OCCCCCCn2ccnc2)c(C)c1. The van der Waals surface area contributed by atoms with E-state index in [1.807, 2.05) is 18.7 Å². The predicted octanol–water partition coefficient (Wildman–Crippen LogP) is 4.14. The Morgan fingerprint density at radius 3 is 2.70 bits per heavy atom. The van der Waals surface area contributed by atoms with Gasteiger partial charge in [-0.1, -0.05) is 30.5 Å². The smallest absolute Gasteiger partial charge is 0.122 e. The summed E-state index contributed by atoms with van der Waals surface area (Å²) in [6, 6.07) is 6.34. The van der Waals surface area contributed by atoms with Crippen LogP contribution in [0.25, 0.3) is 0 Å². The van der Waals surface area contributed by atoms with E-state index < -0.39 is 0 Å². The number of hydrogen-bond acceptors (Lipinski definition) is 2. The molecule has 0 atom stereocenters. The first kappa shape index (κ1) is 14.6. The van der Waals surface area contributed by atoms with E-state index in [1.54, 1.807) is 0 Å². The molecule has 3 heteroatoms. The van der Waals surface area contributed by atoms with E-state index in [1.165, 1.54) is 30.4 Å². The highest BCUT2D eigenvalue weighted by Crippen LogP contribution is 2.19. The topological polar surface area (TPSA) is 27.1 Å². The van der Waals surface area contributed by atoms with E-state index in [4.69, 9.17) is 4.74 Å². The van der Waals surface area contributed by atoms with Crippen LogP contribution in [-0.4, -0.2) is 16.2 Å². The summed E-state index contributed by atoms with van der Waals surface area (Å²) in [4.78, 5) is 4.04. The van der Waals surface area contributed by atoms with Crippen LogP contribution in [0, 0.1) is 13.8 Å². The van der Waals surface area contributed by atoms with Gasteiger partial charge in [-0.15, -0.1) is 0 Å². The Balaban J connectivity index is 1.55. The first-order valence-electron chi connectivity index (χ1n) is 7.41. The number of ether oxygens (including phenoxy) is 1. The molecule has 2 aromatic rings. The molecule has 0 aliphatic carbocycles. The van der Waals surface area contributed by atoms with Crippen molar-refractivity contribution in [2.24, 2.45) is 0 Å². The average molecular weight is 272 g/mol. The summed E-state index contributed by atoms with van der Waals surface area (Å²) in [5, 5.41) is 0. The summed E-state index contributed by atoms with van der Waals surface area (Å²) in [7, 11) is 0. The van der Waals surface area contributed by atoms with Crippen molar-refractivity contribution in [2.45, 2.75) is 46.1 Å². The molecule has 0 aliphatic heterocycles. The summed E-state index contributed by atoms with van der Waals surface area (Å²) >= 11 is 0. The van der Waals surface area contributed by atoms with Gasteiger partial charge in [-0.2, -0.15) is 0 Å². The maximum Gasteiger partial charge on any atom is 0.122 e. The third kappa shape index (κ3) is 4.72. The maximum atomic E-state index is 5.83. The zero-order valence-electron chi connectivity index (χ0n) is 12.5. The molecule has 0 aliphatic rings. The number of hydrogen-bond donors (Lipinski definition) is 0. The molecular formula is C17H24N2O. The summed E-state index contributed by atoms with van der Waals surface area (Å²) in [5.74, 6) is 1.02. The molecule has 0 amide bonds. The largest absolute Gasteiger partial charge is 0.493 e. The number of rotatable bonds is 8. The molecule has 0 saturated carbocycles. The molecule has 20 heavy (non-hydrogen) atoms. The van der Waals surface area contributed by atoms with Crippen LogP contribution < -0.4 is 4.74 Å². The van der Waals surface area contributed by atoms with Gasteiger partial charge in [-0.05, 0) is 38.3 Å². The number of aryl methyl sites for hydroxylation is 3. The van der Waals surface area contributed by atoms with Gasteiger partial charge in [0.05, 0.1) is 12.9 Å². The van der Waals surface area contributed by atoms with Gasteiger partial charge in [0.1, 0.15) is 5.75 Å². The van der Waals surface area contributed by atoms with E-state index in [0.717, 1.165) is 25.3 Å². The third-order valence-corrected chi connectivity index (χ3v) is 3.46. The van der Waals surface area contributed by atoms with Crippen LogP contribution in [0.2, 0.25) is 0 Å². The zero-order chi connectivity index (χ0) is 14.2. The molecule has 0 bridgehead atoms. The summed E-state index contributed by atoms with van der Waals surface area (Å²) in [6.45, 7) is 6.09. The molecule has 108 valence electrons. The monoisotopic (exact) mass is 272 g/mol. The number of aromatic nitrogens is 2. The average Bonchev–Trinajstić information content (AvgIpc) is 2.93. The van der Waals surface area contributed by atoms with E-state index in [-0.39, 0.29) is 0 Å². The van der Waals surface area contributed by atoms with E-state index >= 15 is 0 Å². The fourth-order valence-electron chi connectivity index (χ4n) is 2.31. The Labute approximate surface area is 121 Å². The molecule has 3 nitrogen and oxygen atoms in total. The maximum absolute atomic E-state index is 5.83. The van der Waals surface area contributed by atoms with Crippen molar-refractivity contribution in [3.8, 4) is 5.75 Å². The van der Waals surface area contributed by atoms with Gasteiger partial charge in [-0.25, -0.2) is 4.98 Å². The number of unbranched alkanes of at least 4 members (excludes halogenated alkanes) is 3. The van der Waals surface area contributed by atoms with Crippen molar-refractivity contribution in [1.82, 2.24) is 9.55 Å². The second kappa shape index (κ2) is 7.73. The lowest BCUT2D eigenvalue weighted by Gasteiger charge is -2.09. The summed E-state index contributed by atoms with van der Waals surface area (Å²) < 4.78 is 7.96. The van der Waals surface area contributed by atoms with Gasteiger partial charge in [0.15, 0.2) is 0 Å². The second-order valence-corrected chi connectivity index (χ2v) is 5.33. The minimum atomic E-state index is 0.814. The second-order valence-electron chi connectivity index (χ2n) is 5.33. The van der Waals surface area contributed by atoms with Gasteiger partial charge in [0.25, 0.3) is 0 Å². The predicted molar refractivity (Wildman–Crippen MR) is 82.1 cm³/mol. The van der Waals surface area contributed by atoms with Crippen LogP contribution in [0.5, 0.6) is 5.75 Å². The quantitative estimate of drug-likeness (QED) is 0.675. The van der Waals surface area contributed by atoms with Gasteiger partial charge in [-0.3, -0.25) is 0 Å². The molecular weight excluding hydrogens is 248 g/mol. The Kier molecular flexibility index (Phi) is 5.66. The molecule has 0 saturated heterocycles. The van der Waals surface area contributed by atoms with Crippen LogP contribution >= 0.6 is 0 Å². The lowest BCUT2D eigenvalue weighted by Crippen LogP contribution is -2.00. The minimum absolute atomic E-state index is 0.814. The Morgan fingerprint density at radius 1 is 1.10 bits per heavy atom. The van der Waals surface area contributed by atoms with Crippen molar-refractivity contribution in [3.05, 3.63) is 48.0 Å². The molecule has 0 fully saturated rings. The lowest BCUT2D eigenvalue weighted by atomic mass is 10.1. The molecule has 0 spiro atoms. The molecule has 1 aromatic carbocycles. The van der Waals surface area contributed by atoms with Crippen LogP contribution in [0.3, 0.4) is 0 Å². The van der Waals surface area contributed by atoms with E-state index in [0.29, 0.717) is 0 Å². The summed E-state index contributed by atoms with van der Waals surface area (Å²) in [5.41, 5.74) is 2.51. The minimum Gasteiger partial charge on any atom is -0.493 e. The Hall–Kier alpha value is -1.77. The van der Waals surface area contributed by atoms with Crippen molar-refractivity contribution in [3.63, 3.8) is 0 Å². The number of benzene rings is 1. The highest BCUT2D eigenvalue weighted by atomic mass is 16.5. The summed E-state index contributed by atoms with van der Waals surface area (Å²) in [6.07, 6.45) is 10.5. The van der Waals surface area contributed by atoms with Gasteiger partial charge < -0.3 is 9.30 Å². The highest BCUT2D eigenvalue weighted by Gasteiger charge is 1.99. The molecule has 1 heterocycles. The molecule has 1 aromatic heterocycles. The first-order chi connectivity index (χ1) is 9.75. The van der Waals surface area contributed by atoms with E-state index in [2.05, 4.69) is 41.6 Å². The van der Waals surface area contributed by atoms with Crippen molar-refractivity contribution >= 4 is 0 Å². The number of imidazole rings is 1. The fraction of sp³-hybridized carbons (Fsp3) is 0.471. The normalized spacial score (nSPS) is 10.7. The molecule has 0 N–H and O–H groups in total.